The van der Waals surface area contributed by atoms with Crippen molar-refractivity contribution in [2.45, 2.75) is 32.3 Å². The first-order valence-corrected chi connectivity index (χ1v) is 9.99. The number of fused-ring (bicyclic) bond motifs is 1. The summed E-state index contributed by atoms with van der Waals surface area (Å²) < 4.78 is 59.9. The number of carbonyl (C=O) groups is 1. The molecule has 0 saturated carbocycles. The number of ether oxygens (including phenoxy) is 1. The zero-order chi connectivity index (χ0) is 24.6. The maximum absolute atomic E-state index is 13.8. The van der Waals surface area contributed by atoms with E-state index in [2.05, 4.69) is 16.7 Å². The van der Waals surface area contributed by atoms with Crippen molar-refractivity contribution in [1.82, 2.24) is 19.7 Å². The molecule has 174 valence electrons. The summed E-state index contributed by atoms with van der Waals surface area (Å²) in [5, 5.41) is 13.6. The first-order chi connectivity index (χ1) is 16.1. The highest BCUT2D eigenvalue weighted by Gasteiger charge is 2.40. The van der Waals surface area contributed by atoms with Crippen molar-refractivity contribution in [1.29, 1.82) is 5.26 Å². The van der Waals surface area contributed by atoms with Crippen LogP contribution in [0.5, 0.6) is 5.75 Å². The van der Waals surface area contributed by atoms with E-state index < -0.39 is 24.0 Å². The van der Waals surface area contributed by atoms with Gasteiger partial charge in [0.05, 0.1) is 47.5 Å². The molecule has 1 atom stereocenters. The van der Waals surface area contributed by atoms with Crippen LogP contribution in [0.4, 0.5) is 17.6 Å². The number of hydrogen-bond donors (Lipinski definition) is 0. The van der Waals surface area contributed by atoms with E-state index in [4.69, 9.17) is 4.74 Å². The SMILES string of the molecule is C=CC(Oc1ccc(C#N)cc1C(=O)N1Cc2cn(-c3cncc(F)c3C)nc2C1)C(F)(F)F. The molecular weight excluding hydrogens is 454 g/mol. The highest BCUT2D eigenvalue weighted by Crippen LogP contribution is 2.32. The molecule has 1 unspecified atom stereocenters. The summed E-state index contributed by atoms with van der Waals surface area (Å²) in [6, 6.07) is 5.47. The van der Waals surface area contributed by atoms with Crippen molar-refractivity contribution in [2.75, 3.05) is 0 Å². The number of nitriles is 1. The summed E-state index contributed by atoms with van der Waals surface area (Å²) >= 11 is 0. The van der Waals surface area contributed by atoms with E-state index in [9.17, 15) is 27.6 Å². The lowest BCUT2D eigenvalue weighted by Gasteiger charge is -2.22. The zero-order valence-corrected chi connectivity index (χ0v) is 17.8. The van der Waals surface area contributed by atoms with Crippen LogP contribution in [-0.2, 0) is 13.1 Å². The standard InChI is InChI=1S/C23H17F4N5O2/c1-3-21(23(25,26)27)34-20-5-4-14(7-28)6-16(20)22(33)31-10-15-11-32(30-18(15)12-31)19-9-29-8-17(24)13(19)2/h3-6,8-9,11,21H,1,10,12H2,2H3. The highest BCUT2D eigenvalue weighted by molar-refractivity contribution is 5.97. The summed E-state index contributed by atoms with van der Waals surface area (Å²) in [5.74, 6) is -1.42. The predicted octanol–water partition coefficient (Wildman–Crippen LogP) is 4.24. The number of nitrogens with zero attached hydrogens (tertiary/aromatic N) is 5. The Morgan fingerprint density at radius 1 is 1.32 bits per heavy atom. The molecule has 7 nitrogen and oxygen atoms in total. The molecule has 3 aromatic rings. The lowest BCUT2D eigenvalue weighted by molar-refractivity contribution is -0.180. The van der Waals surface area contributed by atoms with Crippen molar-refractivity contribution in [3.8, 4) is 17.5 Å². The normalized spacial score (nSPS) is 13.8. The Kier molecular flexibility index (Phi) is 5.83. The fourth-order valence-electron chi connectivity index (χ4n) is 3.57. The van der Waals surface area contributed by atoms with Crippen LogP contribution in [0.2, 0.25) is 0 Å². The smallest absolute Gasteiger partial charge is 0.429 e. The van der Waals surface area contributed by atoms with Gasteiger partial charge in [-0.05, 0) is 31.2 Å². The average molecular weight is 471 g/mol. The third-order valence-corrected chi connectivity index (χ3v) is 5.37. The quantitative estimate of drug-likeness (QED) is 0.411. The van der Waals surface area contributed by atoms with Crippen LogP contribution >= 0.6 is 0 Å². The maximum Gasteiger partial charge on any atom is 0.429 e. The van der Waals surface area contributed by atoms with Gasteiger partial charge in [-0.2, -0.15) is 23.5 Å². The van der Waals surface area contributed by atoms with E-state index in [1.165, 1.54) is 27.9 Å². The number of pyridine rings is 1. The molecule has 2 aromatic heterocycles. The summed E-state index contributed by atoms with van der Waals surface area (Å²) in [6.45, 7) is 4.93. The topological polar surface area (TPSA) is 84.0 Å². The second-order valence-electron chi connectivity index (χ2n) is 7.61. The number of rotatable bonds is 5. The van der Waals surface area contributed by atoms with Crippen LogP contribution in [0, 0.1) is 24.1 Å². The third kappa shape index (κ3) is 4.22. The van der Waals surface area contributed by atoms with Gasteiger partial charge in [-0.15, -0.1) is 0 Å². The summed E-state index contributed by atoms with van der Waals surface area (Å²) in [5.41, 5.74) is 1.96. The van der Waals surface area contributed by atoms with Crippen molar-refractivity contribution in [3.05, 3.63) is 83.2 Å². The van der Waals surface area contributed by atoms with Gasteiger partial charge in [-0.3, -0.25) is 9.78 Å². The van der Waals surface area contributed by atoms with E-state index >= 15 is 0 Å². The Hall–Kier alpha value is -4.20. The molecule has 4 rings (SSSR count). The number of halogens is 4. The number of benzene rings is 1. The molecule has 0 bridgehead atoms. The second kappa shape index (κ2) is 8.62. The maximum atomic E-state index is 13.8. The Labute approximate surface area is 191 Å². The Morgan fingerprint density at radius 3 is 2.74 bits per heavy atom. The molecule has 1 aromatic carbocycles. The fraction of sp³-hybridized carbons (Fsp3) is 0.217. The van der Waals surface area contributed by atoms with E-state index in [1.807, 2.05) is 6.07 Å². The minimum atomic E-state index is -4.73. The lowest BCUT2D eigenvalue weighted by atomic mass is 10.1. The van der Waals surface area contributed by atoms with Gasteiger partial charge in [0.25, 0.3) is 5.91 Å². The average Bonchev–Trinajstić information content (AvgIpc) is 3.37. The van der Waals surface area contributed by atoms with E-state index in [0.717, 1.165) is 12.3 Å². The number of carbonyl (C=O) groups excluding carboxylic acids is 1. The Bertz CT molecular complexity index is 1300. The molecule has 34 heavy (non-hydrogen) atoms. The third-order valence-electron chi connectivity index (χ3n) is 5.37. The number of hydrogen-bond acceptors (Lipinski definition) is 5. The Balaban J connectivity index is 1.60. The molecular formula is C23H17F4N5O2. The molecule has 11 heteroatoms. The molecule has 0 saturated heterocycles. The van der Waals surface area contributed by atoms with E-state index in [0.29, 0.717) is 28.6 Å². The Morgan fingerprint density at radius 2 is 2.09 bits per heavy atom. The van der Waals surface area contributed by atoms with Gasteiger partial charge < -0.3 is 9.64 Å². The zero-order valence-electron chi connectivity index (χ0n) is 17.8. The second-order valence-corrected chi connectivity index (χ2v) is 7.61. The lowest BCUT2D eigenvalue weighted by Crippen LogP contribution is -2.33. The summed E-state index contributed by atoms with van der Waals surface area (Å²) in [6.07, 6.45) is -2.25. The molecule has 1 amide bonds. The van der Waals surface area contributed by atoms with Gasteiger partial charge in [0.2, 0.25) is 6.10 Å². The van der Waals surface area contributed by atoms with Crippen molar-refractivity contribution in [2.24, 2.45) is 0 Å². The molecule has 1 aliphatic heterocycles. The predicted molar refractivity (Wildman–Crippen MR) is 111 cm³/mol. The first-order valence-electron chi connectivity index (χ1n) is 9.99. The van der Waals surface area contributed by atoms with Gasteiger partial charge >= 0.3 is 6.18 Å². The van der Waals surface area contributed by atoms with E-state index in [-0.39, 0.29) is 30.0 Å². The molecule has 1 aliphatic rings. The van der Waals surface area contributed by atoms with Crippen LogP contribution < -0.4 is 4.74 Å². The minimum absolute atomic E-state index is 0.0728. The van der Waals surface area contributed by atoms with Crippen LogP contribution in [0.25, 0.3) is 5.69 Å². The van der Waals surface area contributed by atoms with Gasteiger partial charge in [0.1, 0.15) is 11.6 Å². The number of aromatic nitrogens is 3. The van der Waals surface area contributed by atoms with Crippen LogP contribution in [0.15, 0.2) is 49.4 Å². The van der Waals surface area contributed by atoms with Crippen molar-refractivity contribution < 1.29 is 27.1 Å². The van der Waals surface area contributed by atoms with Gasteiger partial charge in [-0.1, -0.05) is 6.58 Å². The van der Waals surface area contributed by atoms with Gasteiger partial charge in [0.15, 0.2) is 0 Å². The molecule has 0 N–H and O–H groups in total. The number of alkyl halides is 3. The summed E-state index contributed by atoms with van der Waals surface area (Å²) in [7, 11) is 0. The van der Waals surface area contributed by atoms with Crippen LogP contribution in [0.1, 0.15) is 32.7 Å². The first kappa shape index (κ1) is 23.0. The number of amides is 1. The van der Waals surface area contributed by atoms with Gasteiger partial charge in [0, 0.05) is 23.9 Å². The summed E-state index contributed by atoms with van der Waals surface area (Å²) in [4.78, 5) is 18.4. The fourth-order valence-corrected chi connectivity index (χ4v) is 3.57. The van der Waals surface area contributed by atoms with E-state index in [1.54, 1.807) is 13.1 Å². The van der Waals surface area contributed by atoms with Gasteiger partial charge in [-0.25, -0.2) is 9.07 Å². The molecule has 3 heterocycles. The van der Waals surface area contributed by atoms with Crippen LogP contribution in [0.3, 0.4) is 0 Å². The molecule has 0 aliphatic carbocycles. The highest BCUT2D eigenvalue weighted by atomic mass is 19.4. The van der Waals surface area contributed by atoms with Crippen molar-refractivity contribution >= 4 is 5.91 Å². The largest absolute Gasteiger partial charge is 0.476 e. The molecule has 0 spiro atoms. The molecule has 0 radical (unpaired) electrons. The minimum Gasteiger partial charge on any atom is -0.476 e. The molecule has 0 fully saturated rings. The van der Waals surface area contributed by atoms with Crippen molar-refractivity contribution in [3.63, 3.8) is 0 Å². The monoisotopic (exact) mass is 471 g/mol. The van der Waals surface area contributed by atoms with Crippen LogP contribution in [-0.4, -0.2) is 37.9 Å².